The highest BCUT2D eigenvalue weighted by Gasteiger charge is 2.30. The van der Waals surface area contributed by atoms with Crippen LogP contribution in [-0.4, -0.2) is 43.8 Å². The average molecular weight is 461 g/mol. The minimum Gasteiger partial charge on any atom is -0.383 e. The van der Waals surface area contributed by atoms with Gasteiger partial charge >= 0.3 is 0 Å². The maximum Gasteiger partial charge on any atom is 0.252 e. The summed E-state index contributed by atoms with van der Waals surface area (Å²) >= 11 is 0. The Morgan fingerprint density at radius 1 is 1.09 bits per heavy atom. The molecule has 1 atom stereocenters. The Balaban J connectivity index is 1.75. The SMILES string of the molecule is COCCn1nnnc1[C@H](C(C)C)N(Cc1ccccc1)Cc1cc2ccc(C)cc2[nH]c1=O. The highest BCUT2D eigenvalue weighted by Crippen LogP contribution is 2.30. The number of benzene rings is 2. The van der Waals surface area contributed by atoms with E-state index in [0.29, 0.717) is 31.8 Å². The van der Waals surface area contributed by atoms with E-state index in [2.05, 4.69) is 63.5 Å². The van der Waals surface area contributed by atoms with Crippen LogP contribution in [0, 0.1) is 12.8 Å². The summed E-state index contributed by atoms with van der Waals surface area (Å²) in [4.78, 5) is 18.4. The van der Waals surface area contributed by atoms with Gasteiger partial charge in [0.1, 0.15) is 0 Å². The molecule has 34 heavy (non-hydrogen) atoms. The molecular formula is C26H32N6O2. The van der Waals surface area contributed by atoms with Gasteiger partial charge in [-0.05, 0) is 51.9 Å². The molecule has 178 valence electrons. The monoisotopic (exact) mass is 460 g/mol. The smallest absolute Gasteiger partial charge is 0.252 e. The zero-order valence-corrected chi connectivity index (χ0v) is 20.2. The fourth-order valence-electron chi connectivity index (χ4n) is 4.41. The predicted octanol–water partition coefficient (Wildman–Crippen LogP) is 3.87. The summed E-state index contributed by atoms with van der Waals surface area (Å²) in [5.74, 6) is 0.981. The summed E-state index contributed by atoms with van der Waals surface area (Å²) < 4.78 is 7.06. The summed E-state index contributed by atoms with van der Waals surface area (Å²) in [7, 11) is 1.67. The molecule has 2 heterocycles. The van der Waals surface area contributed by atoms with Gasteiger partial charge in [-0.1, -0.05) is 56.3 Å². The summed E-state index contributed by atoms with van der Waals surface area (Å²) in [6.45, 7) is 8.55. The first-order valence-corrected chi connectivity index (χ1v) is 11.6. The lowest BCUT2D eigenvalue weighted by Gasteiger charge is -2.33. The van der Waals surface area contributed by atoms with Crippen molar-refractivity contribution in [3.63, 3.8) is 0 Å². The Morgan fingerprint density at radius 3 is 2.62 bits per heavy atom. The molecule has 0 saturated heterocycles. The Labute approximate surface area is 199 Å². The minimum atomic E-state index is -0.0971. The van der Waals surface area contributed by atoms with Crippen molar-refractivity contribution >= 4 is 10.9 Å². The first-order chi connectivity index (χ1) is 16.5. The number of fused-ring (bicyclic) bond motifs is 1. The first kappa shape index (κ1) is 23.8. The number of aromatic amines is 1. The molecule has 0 aliphatic carbocycles. The van der Waals surface area contributed by atoms with Crippen molar-refractivity contribution in [2.45, 2.75) is 46.4 Å². The number of nitrogens with one attached hydrogen (secondary N) is 1. The number of aromatic nitrogens is 5. The quantitative estimate of drug-likeness (QED) is 0.386. The number of H-pyrrole nitrogens is 1. The van der Waals surface area contributed by atoms with Crippen LogP contribution < -0.4 is 5.56 Å². The fourth-order valence-corrected chi connectivity index (χ4v) is 4.41. The Hall–Kier alpha value is -3.36. The number of pyridine rings is 1. The van der Waals surface area contributed by atoms with E-state index in [1.54, 1.807) is 11.8 Å². The number of aryl methyl sites for hydroxylation is 1. The van der Waals surface area contributed by atoms with Gasteiger partial charge in [-0.25, -0.2) is 4.68 Å². The second-order valence-corrected chi connectivity index (χ2v) is 9.05. The maximum absolute atomic E-state index is 13.1. The van der Waals surface area contributed by atoms with Gasteiger partial charge in [0.15, 0.2) is 5.82 Å². The molecule has 2 aromatic heterocycles. The molecule has 0 amide bonds. The fraction of sp³-hybridized carbons (Fsp3) is 0.385. The van der Waals surface area contributed by atoms with Crippen molar-refractivity contribution in [1.29, 1.82) is 0 Å². The summed E-state index contributed by atoms with van der Waals surface area (Å²) in [6.07, 6.45) is 0. The molecule has 0 spiro atoms. The van der Waals surface area contributed by atoms with E-state index in [0.717, 1.165) is 27.9 Å². The van der Waals surface area contributed by atoms with Crippen LogP contribution in [-0.2, 0) is 24.4 Å². The van der Waals surface area contributed by atoms with Gasteiger partial charge in [-0.2, -0.15) is 0 Å². The van der Waals surface area contributed by atoms with Gasteiger partial charge < -0.3 is 9.72 Å². The summed E-state index contributed by atoms with van der Waals surface area (Å²) in [5.41, 5.74) is 3.78. The second-order valence-electron chi connectivity index (χ2n) is 9.05. The van der Waals surface area contributed by atoms with Gasteiger partial charge in [-0.15, -0.1) is 5.10 Å². The van der Waals surface area contributed by atoms with Crippen LogP contribution in [0.4, 0.5) is 0 Å². The number of tetrazole rings is 1. The van der Waals surface area contributed by atoms with Crippen LogP contribution in [0.3, 0.4) is 0 Å². The minimum absolute atomic E-state index is 0.0716. The van der Waals surface area contributed by atoms with Gasteiger partial charge in [0, 0.05) is 31.3 Å². The Morgan fingerprint density at radius 2 is 1.88 bits per heavy atom. The third-order valence-electron chi connectivity index (χ3n) is 6.04. The standard InChI is InChI=1S/C26H32N6O2/c1-18(2)24(25-28-29-30-32(25)12-13-34-4)31(16-20-8-6-5-7-9-20)17-22-15-21-11-10-19(3)14-23(21)27-26(22)33/h5-11,14-15,18,24H,12-13,16-17H2,1-4H3,(H,27,33)/t24-/m0/s1. The molecule has 0 aliphatic rings. The normalized spacial score (nSPS) is 12.6. The van der Waals surface area contributed by atoms with E-state index < -0.39 is 0 Å². The van der Waals surface area contributed by atoms with Gasteiger partial charge in [0.2, 0.25) is 0 Å². The maximum atomic E-state index is 13.1. The van der Waals surface area contributed by atoms with Crippen LogP contribution in [0.15, 0.2) is 59.4 Å². The van der Waals surface area contributed by atoms with Crippen molar-refractivity contribution in [2.24, 2.45) is 5.92 Å². The number of hydrogen-bond acceptors (Lipinski definition) is 6. The third-order valence-corrected chi connectivity index (χ3v) is 6.04. The largest absolute Gasteiger partial charge is 0.383 e. The number of hydrogen-bond donors (Lipinski definition) is 1. The molecule has 0 bridgehead atoms. The first-order valence-electron chi connectivity index (χ1n) is 11.6. The number of rotatable bonds is 10. The lowest BCUT2D eigenvalue weighted by Crippen LogP contribution is -2.35. The Bertz CT molecular complexity index is 1280. The summed E-state index contributed by atoms with van der Waals surface area (Å²) in [5, 5.41) is 13.6. The van der Waals surface area contributed by atoms with Gasteiger partial charge in [0.05, 0.1) is 19.2 Å². The molecule has 4 aromatic rings. The van der Waals surface area contributed by atoms with E-state index in [4.69, 9.17) is 4.74 Å². The van der Waals surface area contributed by atoms with E-state index in [9.17, 15) is 4.79 Å². The molecule has 8 heteroatoms. The highest BCUT2D eigenvalue weighted by atomic mass is 16.5. The van der Waals surface area contributed by atoms with Crippen molar-refractivity contribution < 1.29 is 4.74 Å². The van der Waals surface area contributed by atoms with Gasteiger partial charge in [0.25, 0.3) is 5.56 Å². The summed E-state index contributed by atoms with van der Waals surface area (Å²) in [6, 6.07) is 18.3. The molecule has 4 rings (SSSR count). The van der Waals surface area contributed by atoms with Crippen LogP contribution in [0.1, 0.15) is 42.4 Å². The molecule has 0 aliphatic heterocycles. The molecule has 0 radical (unpaired) electrons. The van der Waals surface area contributed by atoms with Crippen LogP contribution in [0.2, 0.25) is 0 Å². The van der Waals surface area contributed by atoms with E-state index in [1.807, 2.05) is 37.3 Å². The van der Waals surface area contributed by atoms with Crippen molar-refractivity contribution in [2.75, 3.05) is 13.7 Å². The highest BCUT2D eigenvalue weighted by molar-refractivity contribution is 5.79. The topological polar surface area (TPSA) is 88.9 Å². The zero-order chi connectivity index (χ0) is 24.1. The van der Waals surface area contributed by atoms with Crippen molar-refractivity contribution in [1.82, 2.24) is 30.1 Å². The third kappa shape index (κ3) is 5.40. The van der Waals surface area contributed by atoms with E-state index >= 15 is 0 Å². The molecule has 0 fully saturated rings. The number of ether oxygens (including phenoxy) is 1. The molecule has 0 saturated carbocycles. The number of nitrogens with zero attached hydrogens (tertiary/aromatic N) is 5. The van der Waals surface area contributed by atoms with Crippen LogP contribution in [0.25, 0.3) is 10.9 Å². The van der Waals surface area contributed by atoms with E-state index in [1.165, 1.54) is 0 Å². The second kappa shape index (κ2) is 10.7. The molecular weight excluding hydrogens is 428 g/mol. The zero-order valence-electron chi connectivity index (χ0n) is 20.2. The van der Waals surface area contributed by atoms with Crippen LogP contribution in [0.5, 0.6) is 0 Å². The lowest BCUT2D eigenvalue weighted by molar-refractivity contribution is 0.121. The van der Waals surface area contributed by atoms with E-state index in [-0.39, 0.29) is 17.5 Å². The number of methoxy groups -OCH3 is 1. The predicted molar refractivity (Wildman–Crippen MR) is 132 cm³/mol. The van der Waals surface area contributed by atoms with Crippen molar-refractivity contribution in [3.05, 3.63) is 87.5 Å². The average Bonchev–Trinajstić information content (AvgIpc) is 3.26. The van der Waals surface area contributed by atoms with Crippen LogP contribution >= 0.6 is 0 Å². The lowest BCUT2D eigenvalue weighted by atomic mass is 9.99. The molecule has 8 nitrogen and oxygen atoms in total. The molecule has 0 unspecified atom stereocenters. The van der Waals surface area contributed by atoms with Crippen molar-refractivity contribution in [3.8, 4) is 0 Å². The van der Waals surface area contributed by atoms with Gasteiger partial charge in [-0.3, -0.25) is 9.69 Å². The molecule has 1 N–H and O–H groups in total. The molecule has 2 aromatic carbocycles. The Kier molecular flexibility index (Phi) is 7.49.